The second-order valence-corrected chi connectivity index (χ2v) is 16.9. The molecule has 312 valence electrons. The largest absolute Gasteiger partial charge is 0.278 e. The van der Waals surface area contributed by atoms with Crippen LogP contribution < -0.4 is 0 Å². The lowest BCUT2D eigenvalue weighted by Crippen LogP contribution is -2.06. The summed E-state index contributed by atoms with van der Waals surface area (Å²) in [7, 11) is 0. The van der Waals surface area contributed by atoms with Crippen molar-refractivity contribution in [2.75, 3.05) is 0 Å². The van der Waals surface area contributed by atoms with Gasteiger partial charge in [-0.2, -0.15) is 9.97 Å². The molecule has 10 aromatic carbocycles. The molecule has 0 atom stereocenters. The van der Waals surface area contributed by atoms with Gasteiger partial charge in [0.05, 0.1) is 22.4 Å². The van der Waals surface area contributed by atoms with E-state index in [4.69, 9.17) is 24.9 Å². The van der Waals surface area contributed by atoms with Gasteiger partial charge in [0.1, 0.15) is 0 Å². The van der Waals surface area contributed by atoms with Crippen molar-refractivity contribution in [3.8, 4) is 73.8 Å². The van der Waals surface area contributed by atoms with Crippen LogP contribution in [0.1, 0.15) is 0 Å². The van der Waals surface area contributed by atoms with Crippen LogP contribution in [0.5, 0.6) is 0 Å². The van der Waals surface area contributed by atoms with Crippen molar-refractivity contribution >= 4 is 54.1 Å². The molecule has 67 heavy (non-hydrogen) atoms. The molecule has 0 saturated heterocycles. The lowest BCUT2D eigenvalue weighted by Gasteiger charge is -2.14. The van der Waals surface area contributed by atoms with Crippen molar-refractivity contribution < 1.29 is 0 Å². The van der Waals surface area contributed by atoms with E-state index in [0.29, 0.717) is 23.4 Å². The van der Waals surface area contributed by atoms with E-state index in [1.807, 2.05) is 97.1 Å². The monoisotopic (exact) mass is 854 g/mol. The molecule has 0 aliphatic rings. The zero-order chi connectivity index (χ0) is 44.3. The summed E-state index contributed by atoms with van der Waals surface area (Å²) in [6.45, 7) is 0. The van der Waals surface area contributed by atoms with Gasteiger partial charge in [-0.05, 0) is 79.8 Å². The third-order valence-electron chi connectivity index (χ3n) is 12.8. The van der Waals surface area contributed by atoms with Crippen molar-refractivity contribution in [3.05, 3.63) is 231 Å². The fourth-order valence-electron chi connectivity index (χ4n) is 9.64. The average molecular weight is 855 g/mol. The molecule has 0 radical (unpaired) electrons. The van der Waals surface area contributed by atoms with E-state index in [2.05, 4.69) is 138 Å². The van der Waals surface area contributed by atoms with Crippen LogP contribution in [0, 0.1) is 0 Å². The van der Waals surface area contributed by atoms with Crippen LogP contribution in [0.25, 0.3) is 128 Å². The number of benzene rings is 10. The highest BCUT2D eigenvalue weighted by atomic mass is 15.2. The molecule has 13 aromatic rings. The van der Waals surface area contributed by atoms with Crippen LogP contribution in [-0.2, 0) is 0 Å². The third kappa shape index (κ3) is 6.70. The van der Waals surface area contributed by atoms with E-state index in [1.165, 1.54) is 32.3 Å². The number of rotatable bonds is 7. The molecule has 0 N–H and O–H groups in total. The quantitative estimate of drug-likeness (QED) is 0.149. The molecule has 0 amide bonds. The zero-order valence-electron chi connectivity index (χ0n) is 36.1. The van der Waals surface area contributed by atoms with Gasteiger partial charge in [-0.15, -0.1) is 0 Å². The number of fused-ring (bicyclic) bond motifs is 9. The van der Waals surface area contributed by atoms with Gasteiger partial charge < -0.3 is 0 Å². The van der Waals surface area contributed by atoms with E-state index in [-0.39, 0.29) is 0 Å². The molecule has 0 fully saturated rings. The molecule has 0 unspecified atom stereocenters. The first-order chi connectivity index (χ1) is 33.2. The molecule has 0 bridgehead atoms. The Morgan fingerprint density at radius 2 is 0.672 bits per heavy atom. The van der Waals surface area contributed by atoms with Crippen LogP contribution in [0.4, 0.5) is 0 Å². The van der Waals surface area contributed by atoms with Crippen molar-refractivity contribution in [2.45, 2.75) is 0 Å². The zero-order valence-corrected chi connectivity index (χ0v) is 36.1. The first-order valence-corrected chi connectivity index (χ1v) is 22.5. The predicted molar refractivity (Wildman–Crippen MR) is 275 cm³/mol. The number of hydrogen-bond donors (Lipinski definition) is 0. The molecule has 6 heteroatoms. The Bertz CT molecular complexity index is 3900. The van der Waals surface area contributed by atoms with Crippen molar-refractivity contribution in [1.29, 1.82) is 0 Å². The Morgan fingerprint density at radius 3 is 1.28 bits per heavy atom. The molecular formula is C61H38N6. The molecule has 3 aromatic heterocycles. The Hall–Kier alpha value is -9.13. The standard InChI is InChI=1S/C61H38N6/c1-5-18-39(19-6-1)54-38-55(40-20-7-2-8-21-40)63-60(62-54)45-27-17-26-43(34-45)44-32-33-48-50(35-44)46-28-13-14-29-47(46)52-37-57-53(36-51(48)52)49-30-15-16-31-56(49)67(57)61-65-58(41-22-9-3-10-23-41)64-59(66-61)42-24-11-4-12-25-42/h1-38H. The molecule has 0 saturated carbocycles. The SMILES string of the molecule is c1ccc(-c2cc(-c3ccccc3)nc(-c3cccc(-c4ccc5c(c4)c4ccccc4c4cc6c(cc54)c4ccccc4n6-c4nc(-c5ccccc5)nc(-c5ccccc5)n4)c3)n2)cc1. The smallest absolute Gasteiger partial charge is 0.238 e. The van der Waals surface area contributed by atoms with Crippen molar-refractivity contribution in [3.63, 3.8) is 0 Å². The summed E-state index contributed by atoms with van der Waals surface area (Å²) < 4.78 is 2.21. The van der Waals surface area contributed by atoms with E-state index < -0.39 is 0 Å². The minimum atomic E-state index is 0.573. The maximum atomic E-state index is 5.20. The molecule has 0 aliphatic heterocycles. The number of nitrogens with zero attached hydrogens (tertiary/aromatic N) is 6. The Kier molecular flexibility index (Phi) is 9.06. The first-order valence-electron chi connectivity index (χ1n) is 22.5. The van der Waals surface area contributed by atoms with Gasteiger partial charge in [-0.3, -0.25) is 4.57 Å². The van der Waals surface area contributed by atoms with Gasteiger partial charge in [0.2, 0.25) is 5.95 Å². The summed E-state index contributed by atoms with van der Waals surface area (Å²) in [4.78, 5) is 25.7. The summed E-state index contributed by atoms with van der Waals surface area (Å²) >= 11 is 0. The van der Waals surface area contributed by atoms with E-state index in [9.17, 15) is 0 Å². The summed E-state index contributed by atoms with van der Waals surface area (Å²) in [6.07, 6.45) is 0. The summed E-state index contributed by atoms with van der Waals surface area (Å²) in [5.74, 6) is 2.51. The van der Waals surface area contributed by atoms with Gasteiger partial charge in [-0.25, -0.2) is 15.0 Å². The molecular weight excluding hydrogens is 817 g/mol. The van der Waals surface area contributed by atoms with Crippen LogP contribution in [0.2, 0.25) is 0 Å². The van der Waals surface area contributed by atoms with Crippen LogP contribution in [0.3, 0.4) is 0 Å². The number of hydrogen-bond acceptors (Lipinski definition) is 5. The fourth-order valence-corrected chi connectivity index (χ4v) is 9.64. The van der Waals surface area contributed by atoms with Crippen LogP contribution >= 0.6 is 0 Å². The normalized spacial score (nSPS) is 11.6. The van der Waals surface area contributed by atoms with E-state index in [1.54, 1.807) is 0 Å². The van der Waals surface area contributed by atoms with Gasteiger partial charge in [0.25, 0.3) is 0 Å². The summed E-state index contributed by atoms with van der Waals surface area (Å²) in [5.41, 5.74) is 11.0. The lowest BCUT2D eigenvalue weighted by molar-refractivity contribution is 0.954. The Labute approximate surface area is 386 Å². The Morgan fingerprint density at radius 1 is 0.224 bits per heavy atom. The van der Waals surface area contributed by atoms with Crippen LogP contribution in [-0.4, -0.2) is 29.5 Å². The van der Waals surface area contributed by atoms with E-state index in [0.717, 1.165) is 72.1 Å². The lowest BCUT2D eigenvalue weighted by atomic mass is 9.91. The predicted octanol–water partition coefficient (Wildman–Crippen LogP) is 15.2. The highest BCUT2D eigenvalue weighted by Gasteiger charge is 2.21. The average Bonchev–Trinajstić information content (AvgIpc) is 3.74. The number of para-hydroxylation sites is 1. The summed E-state index contributed by atoms with van der Waals surface area (Å²) in [6, 6.07) is 80.6. The van der Waals surface area contributed by atoms with Gasteiger partial charge in [-0.1, -0.05) is 194 Å². The number of aromatic nitrogens is 6. The first kappa shape index (κ1) is 38.3. The summed E-state index contributed by atoms with van der Waals surface area (Å²) in [5, 5.41) is 9.37. The molecule has 3 heterocycles. The maximum absolute atomic E-state index is 5.20. The molecule has 0 spiro atoms. The third-order valence-corrected chi connectivity index (χ3v) is 12.8. The molecule has 0 aliphatic carbocycles. The van der Waals surface area contributed by atoms with Gasteiger partial charge in [0, 0.05) is 38.6 Å². The second kappa shape index (κ2) is 15.8. The van der Waals surface area contributed by atoms with Crippen molar-refractivity contribution in [1.82, 2.24) is 29.5 Å². The van der Waals surface area contributed by atoms with E-state index >= 15 is 0 Å². The maximum Gasteiger partial charge on any atom is 0.238 e. The Balaban J connectivity index is 0.989. The van der Waals surface area contributed by atoms with Gasteiger partial charge in [0.15, 0.2) is 17.5 Å². The molecule has 6 nitrogen and oxygen atoms in total. The highest BCUT2D eigenvalue weighted by Crippen LogP contribution is 2.42. The minimum absolute atomic E-state index is 0.573. The van der Waals surface area contributed by atoms with Gasteiger partial charge >= 0.3 is 0 Å². The minimum Gasteiger partial charge on any atom is -0.278 e. The second-order valence-electron chi connectivity index (χ2n) is 16.9. The highest BCUT2D eigenvalue weighted by molar-refractivity contribution is 6.29. The fraction of sp³-hybridized carbons (Fsp3) is 0. The molecule has 13 rings (SSSR count). The topological polar surface area (TPSA) is 69.4 Å². The van der Waals surface area contributed by atoms with Crippen LogP contribution in [0.15, 0.2) is 231 Å². The van der Waals surface area contributed by atoms with Crippen molar-refractivity contribution in [2.24, 2.45) is 0 Å².